The summed E-state index contributed by atoms with van der Waals surface area (Å²) in [5, 5.41) is 2.94. The number of para-hydroxylation sites is 2. The highest BCUT2D eigenvalue weighted by Crippen LogP contribution is 2.22. The van der Waals surface area contributed by atoms with E-state index >= 15 is 0 Å². The van der Waals surface area contributed by atoms with Crippen molar-refractivity contribution < 1.29 is 9.59 Å². The quantitative estimate of drug-likeness (QED) is 0.741. The molecule has 0 fully saturated rings. The van der Waals surface area contributed by atoms with E-state index in [-0.39, 0.29) is 17.7 Å². The number of aromatic nitrogens is 2. The van der Waals surface area contributed by atoms with Crippen molar-refractivity contribution in [2.75, 3.05) is 6.54 Å². The van der Waals surface area contributed by atoms with Crippen molar-refractivity contribution in [2.45, 2.75) is 33.2 Å². The molecule has 1 amide bonds. The van der Waals surface area contributed by atoms with Crippen LogP contribution >= 0.6 is 0 Å². The fourth-order valence-electron chi connectivity index (χ4n) is 3.06. The van der Waals surface area contributed by atoms with Gasteiger partial charge in [-0.1, -0.05) is 29.8 Å². The number of carbonyl (C=O) groups excluding carboxylic acids is 2. The van der Waals surface area contributed by atoms with Crippen LogP contribution in [0, 0.1) is 6.92 Å². The Morgan fingerprint density at radius 3 is 2.65 bits per heavy atom. The minimum atomic E-state index is -0.287. The first kappa shape index (κ1) is 17.9. The van der Waals surface area contributed by atoms with E-state index in [1.807, 2.05) is 60.9 Å². The summed E-state index contributed by atoms with van der Waals surface area (Å²) in [5.74, 6) is 0.785. The lowest BCUT2D eigenvalue weighted by Crippen LogP contribution is -2.27. The Kier molecular flexibility index (Phi) is 5.16. The van der Waals surface area contributed by atoms with Crippen LogP contribution in [0.2, 0.25) is 0 Å². The van der Waals surface area contributed by atoms with E-state index in [1.165, 1.54) is 0 Å². The number of fused-ring (bicyclic) bond motifs is 1. The molecule has 0 saturated carbocycles. The van der Waals surface area contributed by atoms with Crippen molar-refractivity contribution in [3.8, 4) is 0 Å². The summed E-state index contributed by atoms with van der Waals surface area (Å²) in [6.07, 6.45) is 0.559. The molecule has 134 valence electrons. The zero-order valence-corrected chi connectivity index (χ0v) is 15.3. The Hall–Kier alpha value is -2.95. The molecule has 1 atom stereocenters. The normalized spacial score (nSPS) is 12.1. The molecule has 0 saturated heterocycles. The molecular weight excluding hydrogens is 326 g/mol. The number of hydrogen-bond donors (Lipinski definition) is 1. The fourth-order valence-corrected chi connectivity index (χ4v) is 3.06. The van der Waals surface area contributed by atoms with Crippen molar-refractivity contribution in [1.29, 1.82) is 0 Å². The molecule has 2 aromatic carbocycles. The van der Waals surface area contributed by atoms with Crippen molar-refractivity contribution in [2.24, 2.45) is 0 Å². The molecule has 0 radical (unpaired) electrons. The third kappa shape index (κ3) is 3.67. The van der Waals surface area contributed by atoms with Gasteiger partial charge in [0.05, 0.1) is 17.1 Å². The van der Waals surface area contributed by atoms with Gasteiger partial charge in [-0.2, -0.15) is 0 Å². The van der Waals surface area contributed by atoms with E-state index in [9.17, 15) is 9.59 Å². The predicted molar refractivity (Wildman–Crippen MR) is 102 cm³/mol. The second-order valence-corrected chi connectivity index (χ2v) is 6.55. The summed E-state index contributed by atoms with van der Waals surface area (Å²) in [7, 11) is 0. The molecule has 1 heterocycles. The first-order valence-corrected chi connectivity index (χ1v) is 8.78. The molecular formula is C21H23N3O2. The highest BCUT2D eigenvalue weighted by molar-refractivity contribution is 5.94. The van der Waals surface area contributed by atoms with E-state index in [0.717, 1.165) is 22.4 Å². The largest absolute Gasteiger partial charge is 0.352 e. The molecule has 5 heteroatoms. The molecule has 3 aromatic rings. The van der Waals surface area contributed by atoms with Gasteiger partial charge in [-0.3, -0.25) is 9.59 Å². The maximum atomic E-state index is 12.3. The molecule has 26 heavy (non-hydrogen) atoms. The molecule has 0 spiro atoms. The molecule has 1 aromatic heterocycles. The third-order valence-corrected chi connectivity index (χ3v) is 4.56. The summed E-state index contributed by atoms with van der Waals surface area (Å²) in [4.78, 5) is 28.9. The minimum absolute atomic E-state index is 0.0817. The lowest BCUT2D eigenvalue weighted by Gasteiger charge is -2.15. The zero-order chi connectivity index (χ0) is 18.7. The third-order valence-electron chi connectivity index (χ3n) is 4.56. The molecule has 1 unspecified atom stereocenters. The lowest BCUT2D eigenvalue weighted by atomic mass is 10.1. The number of nitrogens with one attached hydrogen (secondary N) is 1. The highest BCUT2D eigenvalue weighted by atomic mass is 16.1. The molecule has 0 aliphatic heterocycles. The van der Waals surface area contributed by atoms with E-state index in [4.69, 9.17) is 0 Å². The number of nitrogens with zero attached hydrogens (tertiary/aromatic N) is 2. The second kappa shape index (κ2) is 7.52. The number of amides is 1. The number of rotatable bonds is 6. The number of aryl methyl sites for hydroxylation is 1. The summed E-state index contributed by atoms with van der Waals surface area (Å²) < 4.78 is 1.97. The fraction of sp³-hybridized carbons (Fsp3) is 0.286. The topological polar surface area (TPSA) is 64.0 Å². The molecule has 3 rings (SSSR count). The predicted octanol–water partition coefficient (Wildman–Crippen LogP) is 3.47. The van der Waals surface area contributed by atoms with Crippen molar-refractivity contribution in [3.05, 3.63) is 65.5 Å². The first-order chi connectivity index (χ1) is 12.5. The van der Waals surface area contributed by atoms with Gasteiger partial charge in [-0.25, -0.2) is 4.98 Å². The first-order valence-electron chi connectivity index (χ1n) is 8.78. The number of hydrogen-bond acceptors (Lipinski definition) is 3. The van der Waals surface area contributed by atoms with Crippen LogP contribution in [0.1, 0.15) is 41.6 Å². The standard InChI is InChI=1S/C21H23N3O2/c1-14-7-6-8-17(13-14)21(26)22-12-11-20-23-18-9-4-5-10-19(18)24(20)15(2)16(3)25/h4-10,13,15H,11-12H2,1-3H3,(H,22,26). The number of benzene rings is 2. The molecule has 1 N–H and O–H groups in total. The van der Waals surface area contributed by atoms with Crippen LogP contribution < -0.4 is 5.32 Å². The van der Waals surface area contributed by atoms with Gasteiger partial charge in [0.2, 0.25) is 0 Å². The monoisotopic (exact) mass is 349 g/mol. The summed E-state index contributed by atoms with van der Waals surface area (Å²) >= 11 is 0. The Morgan fingerprint density at radius 2 is 1.92 bits per heavy atom. The van der Waals surface area contributed by atoms with Gasteiger partial charge < -0.3 is 9.88 Å². The van der Waals surface area contributed by atoms with Gasteiger partial charge in [0, 0.05) is 18.5 Å². The minimum Gasteiger partial charge on any atom is -0.352 e. The zero-order valence-electron chi connectivity index (χ0n) is 15.3. The second-order valence-electron chi connectivity index (χ2n) is 6.55. The molecule has 0 bridgehead atoms. The summed E-state index contributed by atoms with van der Waals surface area (Å²) in [5.41, 5.74) is 3.50. The molecule has 0 aliphatic carbocycles. The van der Waals surface area contributed by atoms with Crippen LogP contribution in [0.3, 0.4) is 0 Å². The molecule has 0 aliphatic rings. The van der Waals surface area contributed by atoms with Gasteiger partial charge in [-0.15, -0.1) is 0 Å². The van der Waals surface area contributed by atoms with E-state index < -0.39 is 0 Å². The van der Waals surface area contributed by atoms with Crippen LogP contribution in [-0.4, -0.2) is 27.8 Å². The molecule has 5 nitrogen and oxygen atoms in total. The Morgan fingerprint density at radius 1 is 1.15 bits per heavy atom. The van der Waals surface area contributed by atoms with E-state index in [2.05, 4.69) is 10.3 Å². The Balaban J connectivity index is 1.77. The van der Waals surface area contributed by atoms with Crippen LogP contribution in [-0.2, 0) is 11.2 Å². The average Bonchev–Trinajstić information content (AvgIpc) is 2.99. The average molecular weight is 349 g/mol. The summed E-state index contributed by atoms with van der Waals surface area (Å²) in [6.45, 7) is 5.89. The maximum Gasteiger partial charge on any atom is 0.251 e. The smallest absolute Gasteiger partial charge is 0.251 e. The highest BCUT2D eigenvalue weighted by Gasteiger charge is 2.18. The van der Waals surface area contributed by atoms with Gasteiger partial charge in [-0.05, 0) is 45.0 Å². The van der Waals surface area contributed by atoms with E-state index in [1.54, 1.807) is 13.0 Å². The van der Waals surface area contributed by atoms with Gasteiger partial charge >= 0.3 is 0 Å². The van der Waals surface area contributed by atoms with Crippen LogP contribution in [0.15, 0.2) is 48.5 Å². The van der Waals surface area contributed by atoms with Crippen molar-refractivity contribution in [3.63, 3.8) is 0 Å². The van der Waals surface area contributed by atoms with Crippen LogP contribution in [0.4, 0.5) is 0 Å². The number of ketones is 1. The van der Waals surface area contributed by atoms with Crippen LogP contribution in [0.25, 0.3) is 11.0 Å². The Bertz CT molecular complexity index is 959. The van der Waals surface area contributed by atoms with Gasteiger partial charge in [0.1, 0.15) is 5.82 Å². The maximum absolute atomic E-state index is 12.3. The van der Waals surface area contributed by atoms with Gasteiger partial charge in [0.25, 0.3) is 5.91 Å². The van der Waals surface area contributed by atoms with Crippen molar-refractivity contribution >= 4 is 22.7 Å². The number of Topliss-reactive ketones (excluding diaryl/α,β-unsaturated/α-hetero) is 1. The van der Waals surface area contributed by atoms with Gasteiger partial charge in [0.15, 0.2) is 5.78 Å². The summed E-state index contributed by atoms with van der Waals surface area (Å²) in [6, 6.07) is 15.0. The van der Waals surface area contributed by atoms with E-state index in [0.29, 0.717) is 18.5 Å². The number of imidazole rings is 1. The lowest BCUT2D eigenvalue weighted by molar-refractivity contribution is -0.119. The number of carbonyl (C=O) groups is 2. The van der Waals surface area contributed by atoms with Crippen LogP contribution in [0.5, 0.6) is 0 Å². The SMILES string of the molecule is CC(=O)C(C)n1c(CCNC(=O)c2cccc(C)c2)nc2ccccc21. The van der Waals surface area contributed by atoms with Crippen molar-refractivity contribution in [1.82, 2.24) is 14.9 Å². The Labute approximate surface area is 153 Å².